The molecule has 1 aromatic heterocycles. The molecule has 25 heavy (non-hydrogen) atoms. The molecule has 0 N–H and O–H groups in total. The Bertz CT molecular complexity index is 916. The Labute approximate surface area is 151 Å². The van der Waals surface area contributed by atoms with Crippen molar-refractivity contribution in [2.75, 3.05) is 13.0 Å². The quantitative estimate of drug-likeness (QED) is 0.647. The molecule has 0 spiro atoms. The second kappa shape index (κ2) is 7.53. The molecule has 0 aliphatic carbocycles. The minimum absolute atomic E-state index is 0.165. The third-order valence-electron chi connectivity index (χ3n) is 4.02. The first-order valence-corrected chi connectivity index (χ1v) is 8.55. The summed E-state index contributed by atoms with van der Waals surface area (Å²) in [5.74, 6) is 1.10. The van der Waals surface area contributed by atoms with Crippen molar-refractivity contribution in [2.45, 2.75) is 13.5 Å². The summed E-state index contributed by atoms with van der Waals surface area (Å²) in [6.45, 7) is 2.41. The maximum absolute atomic E-state index is 12.4. The molecule has 3 rings (SSSR count). The largest absolute Gasteiger partial charge is 0.497 e. The average Bonchev–Trinajstić information content (AvgIpc) is 2.64. The fraction of sp³-hybridized carbons (Fsp3) is 0.200. The summed E-state index contributed by atoms with van der Waals surface area (Å²) < 4.78 is 6.62. The van der Waals surface area contributed by atoms with Crippen molar-refractivity contribution >= 4 is 11.6 Å². The monoisotopic (exact) mass is 354 g/mol. The summed E-state index contributed by atoms with van der Waals surface area (Å²) in [6, 6.07) is 17.3. The maximum Gasteiger partial charge on any atom is 0.267 e. The van der Waals surface area contributed by atoms with E-state index >= 15 is 0 Å². The molecule has 0 radical (unpaired) electrons. The van der Waals surface area contributed by atoms with E-state index in [-0.39, 0.29) is 5.56 Å². The number of aromatic nitrogens is 2. The lowest BCUT2D eigenvalue weighted by atomic mass is 9.99. The van der Waals surface area contributed by atoms with Crippen LogP contribution in [-0.4, -0.2) is 22.8 Å². The lowest BCUT2D eigenvalue weighted by Gasteiger charge is -2.12. The van der Waals surface area contributed by atoms with E-state index in [9.17, 15) is 4.79 Å². The normalized spacial score (nSPS) is 10.7. The number of nitrogens with zero attached hydrogens (tertiary/aromatic N) is 2. The summed E-state index contributed by atoms with van der Waals surface area (Å²) in [5.41, 5.74) is 4.43. The van der Waals surface area contributed by atoms with Crippen molar-refractivity contribution in [3.63, 3.8) is 0 Å². The molecule has 0 aliphatic rings. The molecule has 2 aromatic carbocycles. The number of hydrogen-bond donors (Lipinski definition) is 0. The van der Waals surface area contributed by atoms with Crippen LogP contribution < -0.4 is 10.3 Å². The number of alkyl halides is 1. The molecule has 0 saturated heterocycles. The lowest BCUT2D eigenvalue weighted by Crippen LogP contribution is -2.24. The van der Waals surface area contributed by atoms with Gasteiger partial charge in [-0.3, -0.25) is 4.79 Å². The van der Waals surface area contributed by atoms with Crippen molar-refractivity contribution in [3.8, 4) is 28.1 Å². The number of ether oxygens (including phenoxy) is 1. The number of methoxy groups -OCH3 is 1. The van der Waals surface area contributed by atoms with Gasteiger partial charge in [0.2, 0.25) is 0 Å². The van der Waals surface area contributed by atoms with E-state index in [0.717, 1.165) is 28.1 Å². The molecule has 0 saturated carbocycles. The zero-order valence-electron chi connectivity index (χ0n) is 14.2. The van der Waals surface area contributed by atoms with E-state index < -0.39 is 0 Å². The molecule has 128 valence electrons. The molecule has 0 bridgehead atoms. The SMILES string of the molecule is COc1ccc(-c2cc(=O)n(CCCl)nc2-c2ccc(C)cc2)cc1. The Hall–Kier alpha value is -2.59. The van der Waals surface area contributed by atoms with Crippen LogP contribution in [0.25, 0.3) is 22.4 Å². The van der Waals surface area contributed by atoms with E-state index in [0.29, 0.717) is 12.4 Å². The number of aryl methyl sites for hydroxylation is 2. The summed E-state index contributed by atoms with van der Waals surface area (Å²) in [4.78, 5) is 12.4. The van der Waals surface area contributed by atoms with Crippen molar-refractivity contribution in [3.05, 3.63) is 70.5 Å². The standard InChI is InChI=1S/C20H19ClN2O2/c1-14-3-5-16(6-4-14)20-18(13-19(24)23(22-20)12-11-21)15-7-9-17(25-2)10-8-15/h3-10,13H,11-12H2,1-2H3. The summed E-state index contributed by atoms with van der Waals surface area (Å²) in [5, 5.41) is 4.57. The lowest BCUT2D eigenvalue weighted by molar-refractivity contribution is 0.415. The molecule has 0 aliphatic heterocycles. The second-order valence-electron chi connectivity index (χ2n) is 5.75. The number of benzene rings is 2. The fourth-order valence-electron chi connectivity index (χ4n) is 2.65. The molecule has 4 nitrogen and oxygen atoms in total. The van der Waals surface area contributed by atoms with Crippen LogP contribution in [0.2, 0.25) is 0 Å². The van der Waals surface area contributed by atoms with E-state index in [2.05, 4.69) is 5.10 Å². The number of halogens is 1. The molecule has 0 amide bonds. The molecule has 3 aromatic rings. The topological polar surface area (TPSA) is 44.1 Å². The van der Waals surface area contributed by atoms with Gasteiger partial charge in [0.1, 0.15) is 5.75 Å². The summed E-state index contributed by atoms with van der Waals surface area (Å²) >= 11 is 5.80. The van der Waals surface area contributed by atoms with Gasteiger partial charge < -0.3 is 4.74 Å². The van der Waals surface area contributed by atoms with Crippen LogP contribution in [0.3, 0.4) is 0 Å². The van der Waals surface area contributed by atoms with E-state index in [4.69, 9.17) is 16.3 Å². The van der Waals surface area contributed by atoms with Crippen LogP contribution in [0.1, 0.15) is 5.56 Å². The van der Waals surface area contributed by atoms with Crippen molar-refractivity contribution in [2.24, 2.45) is 0 Å². The van der Waals surface area contributed by atoms with Crippen molar-refractivity contribution in [1.29, 1.82) is 0 Å². The number of hydrogen-bond acceptors (Lipinski definition) is 3. The third-order valence-corrected chi connectivity index (χ3v) is 4.19. The molecule has 5 heteroatoms. The maximum atomic E-state index is 12.4. The van der Waals surface area contributed by atoms with Gasteiger partial charge in [0, 0.05) is 23.1 Å². The Morgan fingerprint density at radius 1 is 1.04 bits per heavy atom. The highest BCUT2D eigenvalue weighted by atomic mass is 35.5. The molecular formula is C20H19ClN2O2. The van der Waals surface area contributed by atoms with Gasteiger partial charge in [-0.15, -0.1) is 11.6 Å². The van der Waals surface area contributed by atoms with Gasteiger partial charge in [0.05, 0.1) is 19.3 Å². The molecule has 0 atom stereocenters. The Morgan fingerprint density at radius 2 is 1.68 bits per heavy atom. The fourth-order valence-corrected chi connectivity index (χ4v) is 2.81. The third kappa shape index (κ3) is 3.74. The van der Waals surface area contributed by atoms with E-state index in [1.165, 1.54) is 10.2 Å². The van der Waals surface area contributed by atoms with Crippen LogP contribution in [0, 0.1) is 6.92 Å². The van der Waals surface area contributed by atoms with Crippen LogP contribution in [-0.2, 0) is 6.54 Å². The van der Waals surface area contributed by atoms with E-state index in [1.54, 1.807) is 13.2 Å². The van der Waals surface area contributed by atoms with Crippen molar-refractivity contribution in [1.82, 2.24) is 9.78 Å². The smallest absolute Gasteiger partial charge is 0.267 e. The van der Waals surface area contributed by atoms with Crippen LogP contribution in [0.5, 0.6) is 5.75 Å². The van der Waals surface area contributed by atoms with Gasteiger partial charge in [-0.25, -0.2) is 4.68 Å². The molecule has 0 unspecified atom stereocenters. The van der Waals surface area contributed by atoms with Gasteiger partial charge in [-0.1, -0.05) is 42.0 Å². The zero-order valence-corrected chi connectivity index (χ0v) is 15.0. The van der Waals surface area contributed by atoms with Crippen molar-refractivity contribution < 1.29 is 4.74 Å². The minimum Gasteiger partial charge on any atom is -0.497 e. The highest BCUT2D eigenvalue weighted by Gasteiger charge is 2.13. The van der Waals surface area contributed by atoms with Crippen LogP contribution in [0.15, 0.2) is 59.4 Å². The molecule has 0 fully saturated rings. The van der Waals surface area contributed by atoms with Gasteiger partial charge in [0.15, 0.2) is 0 Å². The highest BCUT2D eigenvalue weighted by Crippen LogP contribution is 2.30. The Balaban J connectivity index is 2.19. The minimum atomic E-state index is -0.165. The van der Waals surface area contributed by atoms with E-state index in [1.807, 2.05) is 55.5 Å². The highest BCUT2D eigenvalue weighted by molar-refractivity contribution is 6.17. The van der Waals surface area contributed by atoms with Crippen LogP contribution >= 0.6 is 11.6 Å². The van der Waals surface area contributed by atoms with Gasteiger partial charge in [-0.05, 0) is 24.6 Å². The predicted molar refractivity (Wildman–Crippen MR) is 101 cm³/mol. The van der Waals surface area contributed by atoms with Gasteiger partial charge in [0.25, 0.3) is 5.56 Å². The van der Waals surface area contributed by atoms with Gasteiger partial charge in [-0.2, -0.15) is 5.10 Å². The summed E-state index contributed by atoms with van der Waals surface area (Å²) in [7, 11) is 1.63. The van der Waals surface area contributed by atoms with Gasteiger partial charge >= 0.3 is 0 Å². The molecule has 1 heterocycles. The predicted octanol–water partition coefficient (Wildman–Crippen LogP) is 4.13. The first kappa shape index (κ1) is 17.2. The number of rotatable bonds is 5. The first-order valence-electron chi connectivity index (χ1n) is 8.02. The summed E-state index contributed by atoms with van der Waals surface area (Å²) in [6.07, 6.45) is 0. The average molecular weight is 355 g/mol. The Kier molecular flexibility index (Phi) is 5.19. The Morgan fingerprint density at radius 3 is 2.28 bits per heavy atom. The van der Waals surface area contributed by atoms with Crippen LogP contribution in [0.4, 0.5) is 0 Å². The molecular weight excluding hydrogens is 336 g/mol. The first-order chi connectivity index (χ1) is 12.1. The zero-order chi connectivity index (χ0) is 17.8. The second-order valence-corrected chi connectivity index (χ2v) is 6.13.